The molecule has 0 amide bonds. The molecule has 0 radical (unpaired) electrons. The molecule has 1 atom stereocenters. The van der Waals surface area contributed by atoms with E-state index in [0.717, 1.165) is 0 Å². The second-order valence-electron chi connectivity index (χ2n) is 16.8. The van der Waals surface area contributed by atoms with Crippen LogP contribution in [0.15, 0.2) is 147 Å². The first-order chi connectivity index (χ1) is 35.9. The normalized spacial score (nSPS) is 15.0. The van der Waals surface area contributed by atoms with E-state index in [9.17, 15) is 14.4 Å². The Kier molecular flexibility index (Phi) is 48.3. The molecule has 6 aliphatic heterocycles. The summed E-state index contributed by atoms with van der Waals surface area (Å²) < 4.78 is 0. The quantitative estimate of drug-likeness (QED) is 0.172. The van der Waals surface area contributed by atoms with Crippen LogP contribution in [0.4, 0.5) is 0 Å². The van der Waals surface area contributed by atoms with Crippen LogP contribution >= 0.6 is 0 Å². The number of nitrogens with zero attached hydrogens (tertiary/aromatic N) is 14. The first kappa shape index (κ1) is 79.5. The number of aromatic nitrogens is 3. The third-order valence-corrected chi connectivity index (χ3v) is 8.77. The smallest absolute Gasteiger partial charge is 0.529 e. The molecule has 1 unspecified atom stereocenters. The van der Waals surface area contributed by atoms with Gasteiger partial charge < -0.3 is 69.7 Å². The molecule has 3 aromatic rings. The van der Waals surface area contributed by atoms with Crippen molar-refractivity contribution in [1.29, 1.82) is 0 Å². The summed E-state index contributed by atoms with van der Waals surface area (Å²) in [4.78, 5) is 56.2. The zero-order valence-electron chi connectivity index (χ0n) is 47.0. The maximum atomic E-state index is 10.1. The second kappa shape index (κ2) is 48.0. The molecule has 0 fully saturated rings. The average Bonchev–Trinajstić information content (AvgIpc) is 4.25. The number of hydrogen-bond donors (Lipinski definition) is 3. The van der Waals surface area contributed by atoms with Crippen LogP contribution in [0.2, 0.25) is 0 Å². The van der Waals surface area contributed by atoms with E-state index < -0.39 is 17.9 Å². The van der Waals surface area contributed by atoms with E-state index in [-0.39, 0.29) is 86.1 Å². The molecule has 9 heterocycles. The minimum absolute atomic E-state index is 0. The summed E-state index contributed by atoms with van der Waals surface area (Å²) in [7, 11) is 12.1. The molecule has 0 saturated heterocycles. The zero-order chi connectivity index (χ0) is 56.0. The summed E-state index contributed by atoms with van der Waals surface area (Å²) in [6.07, 6.45) is 32.9. The van der Waals surface area contributed by atoms with Crippen molar-refractivity contribution in [2.75, 3.05) is 42.3 Å². The minimum atomic E-state index is -0.848. The topological polar surface area (TPSA) is 186 Å². The van der Waals surface area contributed by atoms with Crippen LogP contribution in [-0.2, 0) is 93.0 Å². The maximum absolute atomic E-state index is 10.1. The van der Waals surface area contributed by atoms with Gasteiger partial charge in [0.2, 0.25) is 0 Å². The average molecular weight is 1620 g/mol. The van der Waals surface area contributed by atoms with E-state index in [0.29, 0.717) is 23.1 Å². The van der Waals surface area contributed by atoms with Crippen LogP contribution < -0.4 is 0 Å². The summed E-state index contributed by atoms with van der Waals surface area (Å²) in [6.45, 7) is 25.0. The molecule has 6 aliphatic rings. The Hall–Kier alpha value is -5.99. The van der Waals surface area contributed by atoms with Crippen molar-refractivity contribution in [2.24, 2.45) is 0 Å². The fourth-order valence-electron chi connectivity index (χ4n) is 5.65. The molecule has 23 heteroatoms. The van der Waals surface area contributed by atoms with Gasteiger partial charge in [-0.15, -0.1) is 26.7 Å². The van der Waals surface area contributed by atoms with E-state index in [1.165, 1.54) is 19.3 Å². The third kappa shape index (κ3) is 38.3. The van der Waals surface area contributed by atoms with Crippen molar-refractivity contribution < 1.29 is 89.1 Å². The molecule has 79 heavy (non-hydrogen) atoms. The SMILES string of the molecule is C.CCC.CCC.CCC.CN1C=CC(N2C=CN(C)[CH-]2)[CH-]1.CN1C=CN(N2C=CN(C)[CH-]2)[CH-]1.CN1C=CN(N2C=CN(C)[CH-]2)[CH-]1.O=C(O)Cc1ccccn1.O=C(O)Cc1ccccn1.O=C(O)Cc1ccccn1.[Os+2].[Os+2].[Os+2]. The Morgan fingerprint density at radius 3 is 0.861 bits per heavy atom. The number of hydrogen-bond acceptors (Lipinski definition) is 17. The summed E-state index contributed by atoms with van der Waals surface area (Å²) in [5.41, 5.74) is 1.78. The zero-order valence-corrected chi connectivity index (χ0v) is 54.6. The summed E-state index contributed by atoms with van der Waals surface area (Å²) in [6, 6.07) is 16.0. The van der Waals surface area contributed by atoms with Gasteiger partial charge >= 0.3 is 77.3 Å². The predicted molar refractivity (Wildman–Crippen MR) is 302 cm³/mol. The third-order valence-electron chi connectivity index (χ3n) is 8.77. The number of carboxylic acids is 3. The molecule has 0 spiro atoms. The van der Waals surface area contributed by atoms with Gasteiger partial charge in [-0.05, 0) is 122 Å². The number of hydrazine groups is 2. The van der Waals surface area contributed by atoms with E-state index in [1.807, 2.05) is 169 Å². The predicted octanol–water partition coefficient (Wildman–Crippen LogP) is 8.97. The molecule has 20 nitrogen and oxygen atoms in total. The van der Waals surface area contributed by atoms with Crippen molar-refractivity contribution in [3.63, 3.8) is 0 Å². The van der Waals surface area contributed by atoms with Crippen LogP contribution in [-0.4, -0.2) is 151 Å². The molecular weight excluding hydrogens is 1540 g/mol. The van der Waals surface area contributed by atoms with Gasteiger partial charge in [-0.3, -0.25) is 29.3 Å². The molecule has 3 N–H and O–H groups in total. The Balaban J connectivity index is -0.000000411. The second-order valence-corrected chi connectivity index (χ2v) is 16.8. The van der Waals surface area contributed by atoms with Crippen molar-refractivity contribution >= 4 is 17.9 Å². The number of rotatable bonds is 9. The fraction of sp³-hybridized carbons (Fsp3) is 0.357. The summed E-state index contributed by atoms with van der Waals surface area (Å²) in [5.74, 6) is -2.55. The number of aliphatic carboxylic acids is 3. The van der Waals surface area contributed by atoms with Gasteiger partial charge in [0, 0.05) is 43.4 Å². The van der Waals surface area contributed by atoms with Crippen LogP contribution in [0, 0.1) is 39.9 Å². The standard InChI is InChI=1S/C9H13N3.2C8H12N4.3C7H7NO2.3C3H8.CH4.3Os/c1-10-4-3-9(7-10)12-6-5-11(2)8-12;2*1-9-3-5-11(7-9)12-6-4-10(2)8-12;3*9-7(10)5-6-3-1-2-4-8-6;3*1-3-2;;;;/h3-9H,1-2H3;2*3-8H,1-2H3;3*1-4H,5H2,(H,9,10);3*3H2,1-2H3;1H4;;;/q3*-2;;;;;;;;3*+2. The molecule has 0 bridgehead atoms. The first-order valence-electron chi connectivity index (χ1n) is 24.6. The monoisotopic (exact) mass is 1630 g/mol. The van der Waals surface area contributed by atoms with Crippen LogP contribution in [0.1, 0.15) is 85.3 Å². The van der Waals surface area contributed by atoms with Gasteiger partial charge in [0.15, 0.2) is 0 Å². The van der Waals surface area contributed by atoms with Crippen LogP contribution in [0.5, 0.6) is 0 Å². The van der Waals surface area contributed by atoms with Crippen molar-refractivity contribution in [3.05, 3.63) is 204 Å². The molecule has 0 saturated carbocycles. The van der Waals surface area contributed by atoms with Gasteiger partial charge in [-0.1, -0.05) is 98.5 Å². The molecule has 0 aromatic carbocycles. The number of carboxylic acid groups (broad SMARTS) is 3. The van der Waals surface area contributed by atoms with E-state index in [4.69, 9.17) is 15.3 Å². The minimum Gasteiger partial charge on any atom is -0.529 e. The Morgan fingerprint density at radius 2 is 0.684 bits per heavy atom. The van der Waals surface area contributed by atoms with Crippen LogP contribution in [0.3, 0.4) is 0 Å². The number of likely N-dealkylation sites (N-methyl/N-ethyl adjacent to an activating group) is 1. The van der Waals surface area contributed by atoms with Gasteiger partial charge in [0.1, 0.15) is 0 Å². The summed E-state index contributed by atoms with van der Waals surface area (Å²) >= 11 is 0. The molecule has 0 aliphatic carbocycles. The summed E-state index contributed by atoms with van der Waals surface area (Å²) in [5, 5.41) is 33.0. The Morgan fingerprint density at radius 1 is 0.418 bits per heavy atom. The number of carbonyl (C=O) groups is 3. The van der Waals surface area contributed by atoms with E-state index in [1.54, 1.807) is 73.2 Å². The maximum Gasteiger partial charge on any atom is 2.00 e. The van der Waals surface area contributed by atoms with Gasteiger partial charge in [-0.2, -0.15) is 6.67 Å². The van der Waals surface area contributed by atoms with Gasteiger partial charge in [0.25, 0.3) is 0 Å². The molecule has 440 valence electrons. The molecular formula is C56H86N14O6Os3. The fourth-order valence-corrected chi connectivity index (χ4v) is 5.65. The van der Waals surface area contributed by atoms with Crippen LogP contribution in [0.25, 0.3) is 0 Å². The van der Waals surface area contributed by atoms with Crippen molar-refractivity contribution in [3.8, 4) is 0 Å². The first-order valence-corrected chi connectivity index (χ1v) is 24.6. The van der Waals surface area contributed by atoms with Gasteiger partial charge in [0.05, 0.1) is 36.3 Å². The van der Waals surface area contributed by atoms with Gasteiger partial charge in [-0.25, -0.2) is 6.54 Å². The molecule has 9 rings (SSSR count). The largest absolute Gasteiger partial charge is 2.00 e. The molecule has 3 aromatic heterocycles. The van der Waals surface area contributed by atoms with E-state index in [2.05, 4.69) is 98.0 Å². The van der Waals surface area contributed by atoms with Crippen molar-refractivity contribution in [1.82, 2.24) is 69.3 Å². The van der Waals surface area contributed by atoms with E-state index >= 15 is 0 Å². The Bertz CT molecular complexity index is 1870. The Labute approximate surface area is 513 Å². The number of pyridine rings is 3. The van der Waals surface area contributed by atoms with Crippen molar-refractivity contribution in [2.45, 2.75) is 93.5 Å².